The number of carbonyl (C=O) groups is 1. The van der Waals surface area contributed by atoms with E-state index >= 15 is 0 Å². The lowest BCUT2D eigenvalue weighted by atomic mass is 10.1. The summed E-state index contributed by atoms with van der Waals surface area (Å²) in [5.74, 6) is -2.46. The van der Waals surface area contributed by atoms with Crippen molar-refractivity contribution >= 4 is 37.6 Å². The molecule has 0 aliphatic carbocycles. The standard InChI is InChI=1S/C10H8Br2F2O2/c1-16-9-3-8(14)7(13)2-5(9)10(15)6(12)4-11/h2-3,6H,4H2,1H3. The first-order valence-corrected chi connectivity index (χ1v) is 6.32. The molecule has 0 amide bonds. The summed E-state index contributed by atoms with van der Waals surface area (Å²) in [6, 6.07) is 1.70. The lowest BCUT2D eigenvalue weighted by Gasteiger charge is -2.10. The van der Waals surface area contributed by atoms with Crippen LogP contribution >= 0.6 is 31.9 Å². The Hall–Kier alpha value is -0.490. The topological polar surface area (TPSA) is 26.3 Å². The molecule has 0 N–H and O–H groups in total. The SMILES string of the molecule is COc1cc(F)c(F)cc1C(=O)C(Br)CBr. The highest BCUT2D eigenvalue weighted by Crippen LogP contribution is 2.25. The Morgan fingerprint density at radius 3 is 2.50 bits per heavy atom. The molecule has 0 aliphatic heterocycles. The van der Waals surface area contributed by atoms with Crippen molar-refractivity contribution in [3.8, 4) is 5.75 Å². The molecule has 0 bridgehead atoms. The number of hydrogen-bond acceptors (Lipinski definition) is 2. The monoisotopic (exact) mass is 356 g/mol. The number of benzene rings is 1. The maximum absolute atomic E-state index is 13.0. The smallest absolute Gasteiger partial charge is 0.181 e. The summed E-state index contributed by atoms with van der Waals surface area (Å²) in [5.41, 5.74) is 0.0164. The molecule has 0 radical (unpaired) electrons. The lowest BCUT2D eigenvalue weighted by Crippen LogP contribution is -2.17. The largest absolute Gasteiger partial charge is 0.496 e. The summed E-state index contributed by atoms with van der Waals surface area (Å²) in [7, 11) is 1.29. The quantitative estimate of drug-likeness (QED) is 0.610. The minimum absolute atomic E-state index is 0.0164. The molecule has 1 aromatic carbocycles. The number of ether oxygens (including phenoxy) is 1. The molecule has 1 unspecified atom stereocenters. The van der Waals surface area contributed by atoms with Gasteiger partial charge < -0.3 is 4.74 Å². The zero-order valence-corrected chi connectivity index (χ0v) is 11.4. The molecular formula is C10H8Br2F2O2. The van der Waals surface area contributed by atoms with Crippen LogP contribution in [-0.4, -0.2) is 23.1 Å². The van der Waals surface area contributed by atoms with Gasteiger partial charge in [-0.3, -0.25) is 4.79 Å². The van der Waals surface area contributed by atoms with E-state index in [9.17, 15) is 13.6 Å². The number of alkyl halides is 2. The zero-order chi connectivity index (χ0) is 12.3. The van der Waals surface area contributed by atoms with Gasteiger partial charge in [-0.2, -0.15) is 0 Å². The van der Waals surface area contributed by atoms with Crippen molar-refractivity contribution in [1.29, 1.82) is 0 Å². The first kappa shape index (κ1) is 13.6. The number of ketones is 1. The third-order valence-electron chi connectivity index (χ3n) is 1.93. The normalized spacial score (nSPS) is 12.3. The molecule has 0 fully saturated rings. The van der Waals surface area contributed by atoms with Crippen LogP contribution in [-0.2, 0) is 0 Å². The van der Waals surface area contributed by atoms with Crippen molar-refractivity contribution in [2.75, 3.05) is 12.4 Å². The summed E-state index contributed by atoms with van der Waals surface area (Å²) < 4.78 is 30.8. The van der Waals surface area contributed by atoms with Crippen LogP contribution in [0.4, 0.5) is 8.78 Å². The van der Waals surface area contributed by atoms with E-state index in [1.807, 2.05) is 0 Å². The first-order valence-electron chi connectivity index (χ1n) is 4.28. The van der Waals surface area contributed by atoms with Crippen molar-refractivity contribution in [1.82, 2.24) is 0 Å². The molecule has 0 spiro atoms. The zero-order valence-electron chi connectivity index (χ0n) is 8.27. The van der Waals surface area contributed by atoms with E-state index in [0.29, 0.717) is 5.33 Å². The number of hydrogen-bond donors (Lipinski definition) is 0. The molecule has 2 nitrogen and oxygen atoms in total. The van der Waals surface area contributed by atoms with Gasteiger partial charge in [-0.1, -0.05) is 31.9 Å². The summed E-state index contributed by atoms with van der Waals surface area (Å²) in [4.78, 5) is 11.3. The molecule has 0 aromatic heterocycles. The molecule has 1 aromatic rings. The molecular weight excluding hydrogens is 350 g/mol. The van der Waals surface area contributed by atoms with Crippen LogP contribution in [0.25, 0.3) is 0 Å². The molecule has 88 valence electrons. The van der Waals surface area contributed by atoms with Gasteiger partial charge in [0.1, 0.15) is 5.75 Å². The van der Waals surface area contributed by atoms with E-state index in [1.165, 1.54) is 7.11 Å². The summed E-state index contributed by atoms with van der Waals surface area (Å²) in [5, 5.41) is 0.369. The Morgan fingerprint density at radius 2 is 2.00 bits per heavy atom. The van der Waals surface area contributed by atoms with Gasteiger partial charge in [-0.15, -0.1) is 0 Å². The molecule has 1 atom stereocenters. The average Bonchev–Trinajstić information content (AvgIpc) is 2.30. The van der Waals surface area contributed by atoms with Crippen LogP contribution in [0.3, 0.4) is 0 Å². The molecule has 0 aliphatic rings. The van der Waals surface area contributed by atoms with Crippen molar-refractivity contribution in [2.45, 2.75) is 4.83 Å². The highest BCUT2D eigenvalue weighted by Gasteiger charge is 2.22. The number of carbonyl (C=O) groups excluding carboxylic acids is 1. The molecule has 0 saturated heterocycles. The van der Waals surface area contributed by atoms with Gasteiger partial charge in [0.2, 0.25) is 0 Å². The second-order valence-electron chi connectivity index (χ2n) is 2.95. The van der Waals surface area contributed by atoms with Gasteiger partial charge in [0.15, 0.2) is 17.4 Å². The fraction of sp³-hybridized carbons (Fsp3) is 0.300. The van der Waals surface area contributed by atoms with Crippen molar-refractivity contribution < 1.29 is 18.3 Å². The number of Topliss-reactive ketones (excluding diaryl/α,β-unsaturated/α-hetero) is 1. The van der Waals surface area contributed by atoms with Crippen molar-refractivity contribution in [3.05, 3.63) is 29.3 Å². The van der Waals surface area contributed by atoms with E-state index in [0.717, 1.165) is 12.1 Å². The number of methoxy groups -OCH3 is 1. The lowest BCUT2D eigenvalue weighted by molar-refractivity contribution is 0.0994. The predicted octanol–water partition coefficient (Wildman–Crippen LogP) is 3.31. The third-order valence-corrected chi connectivity index (χ3v) is 4.18. The number of halogens is 4. The van der Waals surface area contributed by atoms with Crippen LogP contribution in [0, 0.1) is 11.6 Å². The Kier molecular flexibility index (Phi) is 4.86. The Labute approximate surface area is 108 Å². The second kappa shape index (κ2) is 5.72. The van der Waals surface area contributed by atoms with Crippen LogP contribution < -0.4 is 4.74 Å². The predicted molar refractivity (Wildman–Crippen MR) is 63.7 cm³/mol. The van der Waals surface area contributed by atoms with Gasteiger partial charge in [-0.25, -0.2) is 8.78 Å². The van der Waals surface area contributed by atoms with Crippen molar-refractivity contribution in [2.24, 2.45) is 0 Å². The highest BCUT2D eigenvalue weighted by molar-refractivity contribution is 9.12. The molecule has 1 rings (SSSR count). The van der Waals surface area contributed by atoms with Crippen LogP contribution in [0.2, 0.25) is 0 Å². The third kappa shape index (κ3) is 2.79. The van der Waals surface area contributed by atoms with Crippen LogP contribution in [0.15, 0.2) is 12.1 Å². The fourth-order valence-corrected chi connectivity index (χ4v) is 1.67. The Balaban J connectivity index is 3.21. The number of rotatable bonds is 4. The summed E-state index contributed by atoms with van der Waals surface area (Å²) in [6.07, 6.45) is 0. The molecule has 0 saturated carbocycles. The van der Waals surface area contributed by atoms with E-state index in [4.69, 9.17) is 4.74 Å². The Bertz CT molecular complexity index is 410. The maximum atomic E-state index is 13.0. The highest BCUT2D eigenvalue weighted by atomic mass is 79.9. The van der Waals surface area contributed by atoms with E-state index in [2.05, 4.69) is 31.9 Å². The van der Waals surface area contributed by atoms with E-state index < -0.39 is 16.5 Å². The van der Waals surface area contributed by atoms with Crippen molar-refractivity contribution in [3.63, 3.8) is 0 Å². The van der Waals surface area contributed by atoms with Gasteiger partial charge in [0.05, 0.1) is 17.5 Å². The van der Waals surface area contributed by atoms with Crippen LogP contribution in [0.5, 0.6) is 5.75 Å². The van der Waals surface area contributed by atoms with E-state index in [-0.39, 0.29) is 17.1 Å². The van der Waals surface area contributed by atoms with Crippen LogP contribution in [0.1, 0.15) is 10.4 Å². The maximum Gasteiger partial charge on any atom is 0.181 e. The molecule has 0 heterocycles. The van der Waals surface area contributed by atoms with Gasteiger partial charge in [-0.05, 0) is 6.07 Å². The summed E-state index contributed by atoms with van der Waals surface area (Å²) >= 11 is 6.23. The first-order chi connectivity index (χ1) is 7.51. The fourth-order valence-electron chi connectivity index (χ4n) is 1.13. The molecule has 16 heavy (non-hydrogen) atoms. The molecule has 6 heteroatoms. The Morgan fingerprint density at radius 1 is 1.44 bits per heavy atom. The van der Waals surface area contributed by atoms with Gasteiger partial charge in [0, 0.05) is 11.4 Å². The minimum atomic E-state index is -1.07. The van der Waals surface area contributed by atoms with E-state index in [1.54, 1.807) is 0 Å². The average molecular weight is 358 g/mol. The van der Waals surface area contributed by atoms with Gasteiger partial charge in [0.25, 0.3) is 0 Å². The minimum Gasteiger partial charge on any atom is -0.496 e. The van der Waals surface area contributed by atoms with Gasteiger partial charge >= 0.3 is 0 Å². The second-order valence-corrected chi connectivity index (χ2v) is 4.71. The summed E-state index contributed by atoms with van der Waals surface area (Å²) in [6.45, 7) is 0.